The van der Waals surface area contributed by atoms with Crippen molar-refractivity contribution in [2.24, 2.45) is 0 Å². The summed E-state index contributed by atoms with van der Waals surface area (Å²) in [5.41, 5.74) is 13.6. The van der Waals surface area contributed by atoms with Crippen LogP contribution in [0.25, 0.3) is 77.3 Å². The maximum Gasteiger partial charge on any atom is 0.143 e. The van der Waals surface area contributed by atoms with E-state index < -0.39 is 0 Å². The van der Waals surface area contributed by atoms with E-state index >= 15 is 0 Å². The molecule has 0 spiro atoms. The highest BCUT2D eigenvalue weighted by molar-refractivity contribution is 6.27. The molecule has 0 saturated carbocycles. The summed E-state index contributed by atoms with van der Waals surface area (Å²) in [6.45, 7) is 0. The molecule has 0 aliphatic rings. The Labute approximate surface area is 295 Å². The first-order chi connectivity index (χ1) is 25.3. The molecule has 10 aromatic rings. The van der Waals surface area contributed by atoms with Crippen LogP contribution in [0.5, 0.6) is 0 Å². The molecule has 51 heavy (non-hydrogen) atoms. The third-order valence-electron chi connectivity index (χ3n) is 9.89. The predicted molar refractivity (Wildman–Crippen MR) is 212 cm³/mol. The summed E-state index contributed by atoms with van der Waals surface area (Å²) in [7, 11) is 0. The SMILES string of the molecule is c1ccc(-c2ccc3c(oc4ccc5oc6ccccc6c5c43)c2-c2ccc(-c3ccc(N(c4ccccc4)c4ccccc4)cc3)cc2)cc1. The van der Waals surface area contributed by atoms with E-state index in [0.29, 0.717) is 0 Å². The van der Waals surface area contributed by atoms with Crippen LogP contribution in [0.15, 0.2) is 197 Å². The van der Waals surface area contributed by atoms with Gasteiger partial charge in [0.15, 0.2) is 0 Å². The standard InChI is InChI=1S/C48H31NO2/c1-4-12-34(13-5-1)39-28-29-41-47-44(31-30-43-46(47)40-18-10-11-19-42(40)50-43)51-48(41)45(39)35-22-20-32(21-23-35)33-24-26-38(27-25-33)49(36-14-6-2-7-15-36)37-16-8-3-9-17-37/h1-31H. The summed E-state index contributed by atoms with van der Waals surface area (Å²) in [5, 5.41) is 4.36. The van der Waals surface area contributed by atoms with E-state index in [1.807, 2.05) is 24.3 Å². The zero-order chi connectivity index (χ0) is 33.7. The highest BCUT2D eigenvalue weighted by Crippen LogP contribution is 2.46. The Morgan fingerprint density at radius 3 is 1.49 bits per heavy atom. The molecule has 8 aromatic carbocycles. The topological polar surface area (TPSA) is 29.5 Å². The van der Waals surface area contributed by atoms with Gasteiger partial charge in [-0.1, -0.05) is 127 Å². The number of para-hydroxylation sites is 3. The lowest BCUT2D eigenvalue weighted by Crippen LogP contribution is -2.09. The summed E-state index contributed by atoms with van der Waals surface area (Å²) >= 11 is 0. The highest BCUT2D eigenvalue weighted by atomic mass is 16.3. The number of hydrogen-bond donors (Lipinski definition) is 0. The van der Waals surface area contributed by atoms with Crippen molar-refractivity contribution in [3.05, 3.63) is 188 Å². The van der Waals surface area contributed by atoms with Gasteiger partial charge in [-0.3, -0.25) is 0 Å². The minimum absolute atomic E-state index is 0.854. The lowest BCUT2D eigenvalue weighted by Gasteiger charge is -2.25. The Kier molecular flexibility index (Phi) is 6.81. The lowest BCUT2D eigenvalue weighted by atomic mass is 9.91. The van der Waals surface area contributed by atoms with Crippen molar-refractivity contribution < 1.29 is 8.83 Å². The van der Waals surface area contributed by atoms with E-state index in [2.05, 4.69) is 169 Å². The van der Waals surface area contributed by atoms with Crippen molar-refractivity contribution in [1.82, 2.24) is 0 Å². The fourth-order valence-corrected chi connectivity index (χ4v) is 7.52. The van der Waals surface area contributed by atoms with Crippen LogP contribution in [-0.4, -0.2) is 0 Å². The van der Waals surface area contributed by atoms with Crippen LogP contribution in [0.2, 0.25) is 0 Å². The van der Waals surface area contributed by atoms with Gasteiger partial charge in [-0.2, -0.15) is 0 Å². The predicted octanol–water partition coefficient (Wildman–Crippen LogP) is 14.0. The fourth-order valence-electron chi connectivity index (χ4n) is 7.52. The van der Waals surface area contributed by atoms with Crippen LogP contribution >= 0.6 is 0 Å². The fraction of sp³-hybridized carbons (Fsp3) is 0. The quantitative estimate of drug-likeness (QED) is 0.179. The average Bonchev–Trinajstić information content (AvgIpc) is 3.77. The molecule has 0 saturated heterocycles. The van der Waals surface area contributed by atoms with E-state index in [4.69, 9.17) is 8.83 Å². The molecule has 0 radical (unpaired) electrons. The molecular formula is C48H31NO2. The van der Waals surface area contributed by atoms with E-state index in [1.165, 1.54) is 0 Å². The van der Waals surface area contributed by atoms with Gasteiger partial charge in [-0.15, -0.1) is 0 Å². The van der Waals surface area contributed by atoms with Gasteiger partial charge in [0, 0.05) is 44.2 Å². The van der Waals surface area contributed by atoms with E-state index in [0.717, 1.165) is 94.3 Å². The number of hydrogen-bond acceptors (Lipinski definition) is 3. The number of rotatable bonds is 6. The minimum atomic E-state index is 0.854. The molecule has 0 aliphatic heterocycles. The van der Waals surface area contributed by atoms with Gasteiger partial charge in [0.2, 0.25) is 0 Å². The van der Waals surface area contributed by atoms with Crippen LogP contribution in [0, 0.1) is 0 Å². The van der Waals surface area contributed by atoms with Gasteiger partial charge in [-0.25, -0.2) is 0 Å². The number of benzene rings is 8. The number of furan rings is 2. The monoisotopic (exact) mass is 653 g/mol. The second-order valence-corrected chi connectivity index (χ2v) is 12.9. The lowest BCUT2D eigenvalue weighted by molar-refractivity contribution is 0.663. The molecule has 0 unspecified atom stereocenters. The van der Waals surface area contributed by atoms with Gasteiger partial charge in [-0.05, 0) is 88.5 Å². The van der Waals surface area contributed by atoms with E-state index in [-0.39, 0.29) is 0 Å². The summed E-state index contributed by atoms with van der Waals surface area (Å²) < 4.78 is 13.1. The summed E-state index contributed by atoms with van der Waals surface area (Å²) in [6, 6.07) is 66.0. The van der Waals surface area contributed by atoms with Gasteiger partial charge in [0.05, 0.1) is 0 Å². The molecule has 2 aromatic heterocycles. The molecule has 0 amide bonds. The molecule has 0 atom stereocenters. The Hall–Kier alpha value is -6.84. The molecule has 3 nitrogen and oxygen atoms in total. The van der Waals surface area contributed by atoms with Crippen LogP contribution in [-0.2, 0) is 0 Å². The molecule has 10 rings (SSSR count). The molecule has 0 aliphatic carbocycles. The summed E-state index contributed by atoms with van der Waals surface area (Å²) in [6.07, 6.45) is 0. The Morgan fingerprint density at radius 2 is 0.824 bits per heavy atom. The third kappa shape index (κ3) is 4.90. The Morgan fingerprint density at radius 1 is 0.314 bits per heavy atom. The normalized spacial score (nSPS) is 11.5. The van der Waals surface area contributed by atoms with E-state index in [9.17, 15) is 0 Å². The van der Waals surface area contributed by atoms with Gasteiger partial charge >= 0.3 is 0 Å². The molecule has 2 heterocycles. The number of fused-ring (bicyclic) bond motifs is 7. The molecule has 3 heteroatoms. The average molecular weight is 654 g/mol. The van der Waals surface area contributed by atoms with Crippen molar-refractivity contribution in [3.63, 3.8) is 0 Å². The zero-order valence-corrected chi connectivity index (χ0v) is 27.7. The second-order valence-electron chi connectivity index (χ2n) is 12.9. The Bertz CT molecular complexity index is 2780. The maximum atomic E-state index is 6.80. The summed E-state index contributed by atoms with van der Waals surface area (Å²) in [5.74, 6) is 0. The third-order valence-corrected chi connectivity index (χ3v) is 9.89. The molecule has 0 bridgehead atoms. The minimum Gasteiger partial charge on any atom is -0.456 e. The van der Waals surface area contributed by atoms with Crippen molar-refractivity contribution in [3.8, 4) is 33.4 Å². The molecular weight excluding hydrogens is 623 g/mol. The van der Waals surface area contributed by atoms with Crippen LogP contribution < -0.4 is 4.90 Å². The van der Waals surface area contributed by atoms with Crippen molar-refractivity contribution >= 4 is 60.9 Å². The summed E-state index contributed by atoms with van der Waals surface area (Å²) in [4.78, 5) is 2.28. The second kappa shape index (κ2) is 11.9. The molecule has 0 N–H and O–H groups in total. The Balaban J connectivity index is 1.09. The first kappa shape index (κ1) is 29.1. The smallest absolute Gasteiger partial charge is 0.143 e. The highest BCUT2D eigenvalue weighted by Gasteiger charge is 2.21. The largest absolute Gasteiger partial charge is 0.456 e. The van der Waals surface area contributed by atoms with Gasteiger partial charge < -0.3 is 13.7 Å². The zero-order valence-electron chi connectivity index (χ0n) is 27.7. The van der Waals surface area contributed by atoms with Crippen LogP contribution in [0.1, 0.15) is 0 Å². The van der Waals surface area contributed by atoms with Crippen molar-refractivity contribution in [1.29, 1.82) is 0 Å². The molecule has 240 valence electrons. The maximum absolute atomic E-state index is 6.80. The van der Waals surface area contributed by atoms with Crippen LogP contribution in [0.4, 0.5) is 17.1 Å². The number of nitrogens with zero attached hydrogens (tertiary/aromatic N) is 1. The molecule has 0 fully saturated rings. The van der Waals surface area contributed by atoms with Crippen LogP contribution in [0.3, 0.4) is 0 Å². The first-order valence-electron chi connectivity index (χ1n) is 17.3. The first-order valence-corrected chi connectivity index (χ1v) is 17.3. The van der Waals surface area contributed by atoms with Gasteiger partial charge in [0.25, 0.3) is 0 Å². The number of anilines is 3. The van der Waals surface area contributed by atoms with E-state index in [1.54, 1.807) is 0 Å². The van der Waals surface area contributed by atoms with Crippen molar-refractivity contribution in [2.45, 2.75) is 0 Å². The van der Waals surface area contributed by atoms with Gasteiger partial charge in [0.1, 0.15) is 22.3 Å². The van der Waals surface area contributed by atoms with Crippen molar-refractivity contribution in [2.75, 3.05) is 4.90 Å².